The van der Waals surface area contributed by atoms with Crippen molar-refractivity contribution in [1.29, 1.82) is 0 Å². The maximum atomic E-state index is 12.4. The number of nitrogens with one attached hydrogen (secondary N) is 1. The highest BCUT2D eigenvalue weighted by molar-refractivity contribution is 8.16. The van der Waals surface area contributed by atoms with Gasteiger partial charge < -0.3 is 0 Å². The Balaban J connectivity index is 1.90. The van der Waals surface area contributed by atoms with Crippen LogP contribution in [0.5, 0.6) is 0 Å². The van der Waals surface area contributed by atoms with Gasteiger partial charge in [0.25, 0.3) is 0 Å². The molecule has 2 fully saturated rings. The van der Waals surface area contributed by atoms with Gasteiger partial charge in [-0.3, -0.25) is 19.7 Å². The van der Waals surface area contributed by atoms with E-state index in [1.54, 1.807) is 24.3 Å². The van der Waals surface area contributed by atoms with Crippen molar-refractivity contribution in [2.24, 2.45) is 11.8 Å². The summed E-state index contributed by atoms with van der Waals surface area (Å²) in [5.41, 5.74) is 0.567. The average molecular weight is 289 g/mol. The van der Waals surface area contributed by atoms with Gasteiger partial charge >= 0.3 is 0 Å². The van der Waals surface area contributed by atoms with Crippen molar-refractivity contribution < 1.29 is 14.4 Å². The fourth-order valence-corrected chi connectivity index (χ4v) is 4.62. The quantitative estimate of drug-likeness (QED) is 0.846. The summed E-state index contributed by atoms with van der Waals surface area (Å²) in [6.45, 7) is 1.97. The predicted octanol–water partition coefficient (Wildman–Crippen LogP) is 2.00. The standard InChI is InChI=1S/C15H15NO3S/c1-9-7-8-15(11(9)12(17)16-14(15)19)20-13(18)10-5-3-2-4-6-10/h2-6,9,11H,7-8H2,1H3,(H,16,17,19)/t9?,11-,15+/m0/s1. The third-order valence-electron chi connectivity index (χ3n) is 4.23. The van der Waals surface area contributed by atoms with Crippen LogP contribution in [0.3, 0.4) is 0 Å². The largest absolute Gasteiger partial charge is 0.295 e. The summed E-state index contributed by atoms with van der Waals surface area (Å²) >= 11 is 1.02. The lowest BCUT2D eigenvalue weighted by Crippen LogP contribution is -2.37. The lowest BCUT2D eigenvalue weighted by Gasteiger charge is -2.24. The van der Waals surface area contributed by atoms with Crippen molar-refractivity contribution in [3.05, 3.63) is 35.9 Å². The van der Waals surface area contributed by atoms with Crippen molar-refractivity contribution >= 4 is 28.7 Å². The molecule has 1 saturated heterocycles. The summed E-state index contributed by atoms with van der Waals surface area (Å²) in [6, 6.07) is 8.88. The van der Waals surface area contributed by atoms with Crippen LogP contribution in [0.4, 0.5) is 0 Å². The van der Waals surface area contributed by atoms with Crippen LogP contribution in [0.2, 0.25) is 0 Å². The van der Waals surface area contributed by atoms with Gasteiger partial charge in [-0.15, -0.1) is 0 Å². The molecule has 1 aromatic carbocycles. The fraction of sp³-hybridized carbons (Fsp3) is 0.400. The number of imide groups is 1. The van der Waals surface area contributed by atoms with Gasteiger partial charge in [-0.25, -0.2) is 0 Å². The van der Waals surface area contributed by atoms with Gasteiger partial charge in [-0.05, 0) is 18.8 Å². The van der Waals surface area contributed by atoms with Gasteiger partial charge in [0, 0.05) is 5.56 Å². The van der Waals surface area contributed by atoms with E-state index in [4.69, 9.17) is 0 Å². The highest BCUT2D eigenvalue weighted by Gasteiger charge is 2.62. The van der Waals surface area contributed by atoms with Crippen molar-refractivity contribution in [1.82, 2.24) is 5.32 Å². The fourth-order valence-electron chi connectivity index (χ4n) is 3.20. The van der Waals surface area contributed by atoms with Crippen molar-refractivity contribution in [2.45, 2.75) is 24.5 Å². The smallest absolute Gasteiger partial charge is 0.244 e. The van der Waals surface area contributed by atoms with E-state index in [9.17, 15) is 14.4 Å². The van der Waals surface area contributed by atoms with Crippen LogP contribution in [0.25, 0.3) is 0 Å². The second kappa shape index (κ2) is 4.74. The molecule has 2 aliphatic rings. The molecule has 5 heteroatoms. The third kappa shape index (κ3) is 1.88. The van der Waals surface area contributed by atoms with Crippen LogP contribution in [-0.2, 0) is 9.59 Å². The maximum absolute atomic E-state index is 12.4. The zero-order chi connectivity index (χ0) is 14.3. The molecule has 4 nitrogen and oxygen atoms in total. The number of hydrogen-bond acceptors (Lipinski definition) is 4. The third-order valence-corrected chi connectivity index (χ3v) is 5.66. The zero-order valence-electron chi connectivity index (χ0n) is 11.1. The lowest BCUT2D eigenvalue weighted by atomic mass is 9.92. The van der Waals surface area contributed by atoms with Gasteiger partial charge in [0.05, 0.1) is 5.92 Å². The first-order chi connectivity index (χ1) is 9.54. The van der Waals surface area contributed by atoms with Crippen LogP contribution in [0.1, 0.15) is 30.1 Å². The number of carbonyl (C=O) groups is 3. The van der Waals surface area contributed by atoms with E-state index < -0.39 is 4.75 Å². The first-order valence-corrected chi connectivity index (χ1v) is 7.50. The summed E-state index contributed by atoms with van der Waals surface area (Å²) in [5.74, 6) is -0.773. The molecule has 0 spiro atoms. The summed E-state index contributed by atoms with van der Waals surface area (Å²) in [7, 11) is 0. The molecule has 1 saturated carbocycles. The molecule has 3 atom stereocenters. The molecule has 1 aliphatic carbocycles. The van der Waals surface area contributed by atoms with E-state index in [0.29, 0.717) is 12.0 Å². The van der Waals surface area contributed by atoms with Crippen LogP contribution < -0.4 is 5.32 Å². The Labute approximate surface area is 121 Å². The minimum Gasteiger partial charge on any atom is -0.295 e. The molecule has 104 valence electrons. The number of benzene rings is 1. The molecule has 3 rings (SSSR count). The second-order valence-electron chi connectivity index (χ2n) is 5.46. The number of fused-ring (bicyclic) bond motifs is 1. The molecular weight excluding hydrogens is 274 g/mol. The molecule has 0 radical (unpaired) electrons. The Morgan fingerprint density at radius 3 is 2.70 bits per heavy atom. The van der Waals surface area contributed by atoms with Crippen molar-refractivity contribution in [3.63, 3.8) is 0 Å². The van der Waals surface area contributed by atoms with E-state index >= 15 is 0 Å². The van der Waals surface area contributed by atoms with Crippen LogP contribution in [-0.4, -0.2) is 21.7 Å². The van der Waals surface area contributed by atoms with E-state index in [-0.39, 0.29) is 28.8 Å². The second-order valence-corrected chi connectivity index (χ2v) is 6.76. The SMILES string of the molecule is CC1CC[C@]2(SC(=O)c3ccccc3)C(=O)NC(=O)[C@H]12. The Bertz CT molecular complexity index is 586. The summed E-state index contributed by atoms with van der Waals surface area (Å²) < 4.78 is -0.899. The molecule has 1 heterocycles. The molecule has 1 N–H and O–H groups in total. The Morgan fingerprint density at radius 2 is 2.00 bits per heavy atom. The first kappa shape index (κ1) is 13.4. The average Bonchev–Trinajstić information content (AvgIpc) is 2.89. The Kier molecular flexibility index (Phi) is 3.17. The van der Waals surface area contributed by atoms with Crippen molar-refractivity contribution in [3.8, 4) is 0 Å². The minimum atomic E-state index is -0.899. The summed E-state index contributed by atoms with van der Waals surface area (Å²) in [5, 5.41) is 2.25. The number of hydrogen-bond donors (Lipinski definition) is 1. The highest BCUT2D eigenvalue weighted by Crippen LogP contribution is 2.52. The Hall–Kier alpha value is -1.62. The Morgan fingerprint density at radius 1 is 1.30 bits per heavy atom. The van der Waals surface area contributed by atoms with E-state index in [0.717, 1.165) is 18.2 Å². The van der Waals surface area contributed by atoms with Crippen LogP contribution in [0.15, 0.2) is 30.3 Å². The molecule has 0 bridgehead atoms. The number of amides is 2. The summed E-state index contributed by atoms with van der Waals surface area (Å²) in [6.07, 6.45) is 1.39. The van der Waals surface area contributed by atoms with E-state index in [2.05, 4.69) is 5.32 Å². The first-order valence-electron chi connectivity index (χ1n) is 6.68. The number of carbonyl (C=O) groups excluding carboxylic acids is 3. The lowest BCUT2D eigenvalue weighted by molar-refractivity contribution is -0.126. The highest BCUT2D eigenvalue weighted by atomic mass is 32.2. The zero-order valence-corrected chi connectivity index (χ0v) is 11.9. The van der Waals surface area contributed by atoms with Gasteiger partial charge in [-0.1, -0.05) is 49.0 Å². The summed E-state index contributed by atoms with van der Waals surface area (Å²) in [4.78, 5) is 36.5. The monoisotopic (exact) mass is 289 g/mol. The van der Waals surface area contributed by atoms with Crippen LogP contribution >= 0.6 is 11.8 Å². The van der Waals surface area contributed by atoms with E-state index in [1.165, 1.54) is 0 Å². The minimum absolute atomic E-state index is 0.137. The van der Waals surface area contributed by atoms with Crippen LogP contribution in [0, 0.1) is 11.8 Å². The molecule has 0 aromatic heterocycles. The predicted molar refractivity (Wildman–Crippen MR) is 76.1 cm³/mol. The van der Waals surface area contributed by atoms with Gasteiger partial charge in [-0.2, -0.15) is 0 Å². The molecule has 1 aromatic rings. The van der Waals surface area contributed by atoms with Gasteiger partial charge in [0.1, 0.15) is 4.75 Å². The topological polar surface area (TPSA) is 63.2 Å². The van der Waals surface area contributed by atoms with Crippen molar-refractivity contribution in [2.75, 3.05) is 0 Å². The number of rotatable bonds is 2. The molecular formula is C15H15NO3S. The van der Waals surface area contributed by atoms with Gasteiger partial charge in [0.2, 0.25) is 16.9 Å². The number of thioether (sulfide) groups is 1. The molecule has 1 unspecified atom stereocenters. The maximum Gasteiger partial charge on any atom is 0.244 e. The van der Waals surface area contributed by atoms with Gasteiger partial charge in [0.15, 0.2) is 0 Å². The normalized spacial score (nSPS) is 32.0. The molecule has 20 heavy (non-hydrogen) atoms. The molecule has 1 aliphatic heterocycles. The molecule has 2 amide bonds. The van der Waals surface area contributed by atoms with E-state index in [1.807, 2.05) is 13.0 Å².